The van der Waals surface area contributed by atoms with Gasteiger partial charge >= 0.3 is 0 Å². The maximum absolute atomic E-state index is 9.67. The fraction of sp³-hybridized carbons (Fsp3) is 0.533. The normalized spacial score (nSPS) is 33.9. The predicted molar refractivity (Wildman–Crippen MR) is 77.2 cm³/mol. The fourth-order valence-corrected chi connectivity index (χ4v) is 3.69. The number of rotatable bonds is 2. The molecule has 2 atom stereocenters. The molecule has 2 bridgehead atoms. The van der Waals surface area contributed by atoms with Crippen LogP contribution in [0, 0.1) is 11.3 Å². The molecule has 0 aromatic heterocycles. The average molecular weight is 276 g/mol. The van der Waals surface area contributed by atoms with Crippen LogP contribution in [0.1, 0.15) is 25.7 Å². The molecule has 2 unspecified atom stereocenters. The number of benzene rings is 1. The summed E-state index contributed by atoms with van der Waals surface area (Å²) in [6.07, 6.45) is 4.16. The van der Waals surface area contributed by atoms with Crippen molar-refractivity contribution in [2.24, 2.45) is 0 Å². The number of para-hydroxylation sites is 1. The number of hydrogen-bond donors (Lipinski definition) is 1. The second-order valence-electron chi connectivity index (χ2n) is 5.76. The second-order valence-corrected chi connectivity index (χ2v) is 6.16. The largest absolute Gasteiger partial charge is 0.366 e. The van der Waals surface area contributed by atoms with Gasteiger partial charge in [-0.2, -0.15) is 5.26 Å². The van der Waals surface area contributed by atoms with Gasteiger partial charge < -0.3 is 10.2 Å². The third-order valence-electron chi connectivity index (χ3n) is 4.62. The summed E-state index contributed by atoms with van der Waals surface area (Å²) in [4.78, 5) is 2.43. The van der Waals surface area contributed by atoms with Crippen LogP contribution in [0.15, 0.2) is 24.3 Å². The number of piperidine rings is 1. The van der Waals surface area contributed by atoms with Crippen molar-refractivity contribution in [2.75, 3.05) is 12.4 Å². The van der Waals surface area contributed by atoms with Crippen molar-refractivity contribution in [1.29, 1.82) is 5.26 Å². The number of nitrogens with zero attached hydrogens (tertiary/aromatic N) is 2. The first-order chi connectivity index (χ1) is 9.13. The Morgan fingerprint density at radius 1 is 1.32 bits per heavy atom. The van der Waals surface area contributed by atoms with Gasteiger partial charge in [-0.15, -0.1) is 0 Å². The number of hydrogen-bond acceptors (Lipinski definition) is 3. The van der Waals surface area contributed by atoms with Gasteiger partial charge in [-0.25, -0.2) is 0 Å². The van der Waals surface area contributed by atoms with Gasteiger partial charge in [0, 0.05) is 12.1 Å². The van der Waals surface area contributed by atoms with E-state index < -0.39 is 5.54 Å². The summed E-state index contributed by atoms with van der Waals surface area (Å²) in [6, 6.07) is 11.2. The Balaban J connectivity index is 1.86. The summed E-state index contributed by atoms with van der Waals surface area (Å²) in [5.74, 6) is 0. The molecule has 0 spiro atoms. The van der Waals surface area contributed by atoms with E-state index in [1.54, 1.807) is 0 Å². The van der Waals surface area contributed by atoms with Crippen LogP contribution in [0.25, 0.3) is 0 Å². The van der Waals surface area contributed by atoms with Crippen LogP contribution in [-0.4, -0.2) is 29.6 Å². The molecule has 2 saturated heterocycles. The third kappa shape index (κ3) is 2.20. The summed E-state index contributed by atoms with van der Waals surface area (Å²) < 4.78 is 0. The molecule has 3 nitrogen and oxygen atoms in total. The molecule has 19 heavy (non-hydrogen) atoms. The Morgan fingerprint density at radius 2 is 1.95 bits per heavy atom. The summed E-state index contributed by atoms with van der Waals surface area (Å²) in [5, 5.41) is 13.8. The molecule has 3 rings (SSSR count). The maximum atomic E-state index is 9.67. The van der Waals surface area contributed by atoms with Crippen molar-refractivity contribution in [1.82, 2.24) is 4.90 Å². The van der Waals surface area contributed by atoms with Gasteiger partial charge in [0.1, 0.15) is 5.54 Å². The highest BCUT2D eigenvalue weighted by molar-refractivity contribution is 6.33. The molecule has 0 aliphatic carbocycles. The number of halogens is 1. The minimum Gasteiger partial charge on any atom is -0.366 e. The highest BCUT2D eigenvalue weighted by atomic mass is 35.5. The molecule has 1 aromatic rings. The molecule has 4 heteroatoms. The molecule has 2 heterocycles. The van der Waals surface area contributed by atoms with Gasteiger partial charge in [0.05, 0.1) is 16.8 Å². The SMILES string of the molecule is CN1C2CCC1CC(C#N)(Nc1ccccc1Cl)C2. The van der Waals surface area contributed by atoms with Crippen LogP contribution >= 0.6 is 11.6 Å². The monoisotopic (exact) mass is 275 g/mol. The Labute approximate surface area is 119 Å². The predicted octanol–water partition coefficient (Wildman–Crippen LogP) is 3.27. The summed E-state index contributed by atoms with van der Waals surface area (Å²) in [6.45, 7) is 0. The van der Waals surface area contributed by atoms with Crippen molar-refractivity contribution in [3.63, 3.8) is 0 Å². The van der Waals surface area contributed by atoms with Crippen LogP contribution < -0.4 is 5.32 Å². The molecule has 100 valence electrons. The summed E-state index contributed by atoms with van der Waals surface area (Å²) >= 11 is 6.20. The topological polar surface area (TPSA) is 39.1 Å². The molecule has 2 fully saturated rings. The van der Waals surface area contributed by atoms with Gasteiger partial charge in [-0.3, -0.25) is 0 Å². The zero-order valence-corrected chi connectivity index (χ0v) is 11.8. The molecule has 0 radical (unpaired) electrons. The first-order valence-corrected chi connectivity index (χ1v) is 7.17. The zero-order chi connectivity index (χ0) is 13.5. The van der Waals surface area contributed by atoms with Crippen LogP contribution in [0.2, 0.25) is 5.02 Å². The molecule has 2 aliphatic rings. The molecule has 1 N–H and O–H groups in total. The van der Waals surface area contributed by atoms with E-state index in [0.29, 0.717) is 17.1 Å². The Morgan fingerprint density at radius 3 is 2.53 bits per heavy atom. The quantitative estimate of drug-likeness (QED) is 0.900. The van der Waals surface area contributed by atoms with Gasteiger partial charge in [0.2, 0.25) is 0 Å². The van der Waals surface area contributed by atoms with Gasteiger partial charge in [0.25, 0.3) is 0 Å². The van der Waals surface area contributed by atoms with Crippen LogP contribution in [0.3, 0.4) is 0 Å². The number of fused-ring (bicyclic) bond motifs is 2. The molecular formula is C15H18ClN3. The van der Waals surface area contributed by atoms with Crippen molar-refractivity contribution in [3.8, 4) is 6.07 Å². The van der Waals surface area contributed by atoms with E-state index in [1.807, 2.05) is 24.3 Å². The standard InChI is InChI=1S/C15H18ClN3/c1-19-11-6-7-12(19)9-15(8-11,10-17)18-14-5-3-2-4-13(14)16/h2-5,11-12,18H,6-9H2,1H3. The lowest BCUT2D eigenvalue weighted by atomic mass is 9.84. The third-order valence-corrected chi connectivity index (χ3v) is 4.94. The summed E-state index contributed by atoms with van der Waals surface area (Å²) in [5.41, 5.74) is 0.401. The van der Waals surface area contributed by atoms with Crippen LogP contribution in [-0.2, 0) is 0 Å². The molecule has 2 aliphatic heterocycles. The van der Waals surface area contributed by atoms with Gasteiger partial charge in [0.15, 0.2) is 0 Å². The molecule has 0 amide bonds. The average Bonchev–Trinajstić information content (AvgIpc) is 2.65. The van der Waals surface area contributed by atoms with E-state index in [1.165, 1.54) is 12.8 Å². The minimum absolute atomic E-state index is 0.469. The number of nitriles is 1. The van der Waals surface area contributed by atoms with Crippen molar-refractivity contribution in [3.05, 3.63) is 29.3 Å². The first kappa shape index (κ1) is 12.8. The first-order valence-electron chi connectivity index (χ1n) is 6.79. The molecular weight excluding hydrogens is 258 g/mol. The Hall–Kier alpha value is -1.24. The van der Waals surface area contributed by atoms with Gasteiger partial charge in [-0.05, 0) is 44.9 Å². The molecule has 0 saturated carbocycles. The van der Waals surface area contributed by atoms with Crippen molar-refractivity contribution in [2.45, 2.75) is 43.3 Å². The smallest absolute Gasteiger partial charge is 0.128 e. The number of anilines is 1. The van der Waals surface area contributed by atoms with Gasteiger partial charge in [-0.1, -0.05) is 23.7 Å². The Kier molecular flexibility index (Phi) is 3.16. The van der Waals surface area contributed by atoms with E-state index in [4.69, 9.17) is 11.6 Å². The highest BCUT2D eigenvalue weighted by Gasteiger charge is 2.47. The zero-order valence-electron chi connectivity index (χ0n) is 11.1. The van der Waals surface area contributed by atoms with E-state index in [2.05, 4.69) is 23.3 Å². The Bertz CT molecular complexity index is 508. The van der Waals surface area contributed by atoms with E-state index in [-0.39, 0.29) is 0 Å². The van der Waals surface area contributed by atoms with Crippen LogP contribution in [0.5, 0.6) is 0 Å². The van der Waals surface area contributed by atoms with E-state index in [9.17, 15) is 5.26 Å². The molecule has 1 aromatic carbocycles. The summed E-state index contributed by atoms with van der Waals surface area (Å²) in [7, 11) is 2.18. The highest BCUT2D eigenvalue weighted by Crippen LogP contribution is 2.41. The van der Waals surface area contributed by atoms with E-state index in [0.717, 1.165) is 18.5 Å². The lowest BCUT2D eigenvalue weighted by molar-refractivity contribution is 0.146. The minimum atomic E-state index is -0.469. The lowest BCUT2D eigenvalue weighted by Crippen LogP contribution is -2.52. The second kappa shape index (κ2) is 4.70. The number of nitrogens with one attached hydrogen (secondary N) is 1. The van der Waals surface area contributed by atoms with Crippen molar-refractivity contribution < 1.29 is 0 Å². The van der Waals surface area contributed by atoms with E-state index >= 15 is 0 Å². The fourth-order valence-electron chi connectivity index (χ4n) is 3.51. The maximum Gasteiger partial charge on any atom is 0.128 e. The lowest BCUT2D eigenvalue weighted by Gasteiger charge is -2.42. The van der Waals surface area contributed by atoms with Crippen LogP contribution in [0.4, 0.5) is 5.69 Å². The van der Waals surface area contributed by atoms with Crippen molar-refractivity contribution >= 4 is 17.3 Å².